The molecule has 1 unspecified atom stereocenters. The van der Waals surface area contributed by atoms with E-state index in [1.54, 1.807) is 0 Å². The summed E-state index contributed by atoms with van der Waals surface area (Å²) in [5, 5.41) is 3.52. The van der Waals surface area contributed by atoms with Crippen LogP contribution in [0.25, 0.3) is 0 Å². The summed E-state index contributed by atoms with van der Waals surface area (Å²) in [6, 6.07) is 2.23. The molecule has 0 aromatic heterocycles. The van der Waals surface area contributed by atoms with Gasteiger partial charge in [-0.3, -0.25) is 4.90 Å². The Balaban J connectivity index is 2.28. The van der Waals surface area contributed by atoms with Gasteiger partial charge in [0.15, 0.2) is 0 Å². The minimum Gasteiger partial charge on any atom is -0.314 e. The highest BCUT2D eigenvalue weighted by atomic mass is 15.2. The van der Waals surface area contributed by atoms with Gasteiger partial charge in [-0.05, 0) is 39.3 Å². The summed E-state index contributed by atoms with van der Waals surface area (Å²) in [6.45, 7) is 11.5. The van der Waals surface area contributed by atoms with Crippen molar-refractivity contribution in [3.63, 3.8) is 0 Å². The normalized spacial score (nSPS) is 19.9. The quantitative estimate of drug-likeness (QED) is 0.718. The van der Waals surface area contributed by atoms with Crippen LogP contribution in [0, 0.1) is 0 Å². The highest BCUT2D eigenvalue weighted by Gasteiger charge is 2.24. The summed E-state index contributed by atoms with van der Waals surface area (Å²) in [6.07, 6.45) is 7.02. The molecule has 0 aromatic carbocycles. The van der Waals surface area contributed by atoms with Crippen LogP contribution in [-0.2, 0) is 0 Å². The fraction of sp³-hybridized carbons (Fsp3) is 1.00. The van der Waals surface area contributed by atoms with Crippen molar-refractivity contribution in [2.45, 2.75) is 77.9 Å². The van der Waals surface area contributed by atoms with Gasteiger partial charge in [-0.15, -0.1) is 0 Å². The van der Waals surface area contributed by atoms with Gasteiger partial charge in [0.25, 0.3) is 0 Å². The summed E-state index contributed by atoms with van der Waals surface area (Å²) < 4.78 is 0. The second-order valence-corrected chi connectivity index (χ2v) is 5.52. The lowest BCUT2D eigenvalue weighted by Crippen LogP contribution is -2.42. The zero-order chi connectivity index (χ0) is 12.0. The Morgan fingerprint density at radius 1 is 1.19 bits per heavy atom. The molecule has 2 nitrogen and oxygen atoms in total. The molecule has 0 amide bonds. The third-order valence-electron chi connectivity index (χ3n) is 3.84. The fourth-order valence-corrected chi connectivity index (χ4v) is 2.91. The monoisotopic (exact) mass is 226 g/mol. The van der Waals surface area contributed by atoms with Crippen molar-refractivity contribution < 1.29 is 0 Å². The number of rotatable bonds is 7. The van der Waals surface area contributed by atoms with Crippen LogP contribution >= 0.6 is 0 Å². The average molecular weight is 226 g/mol. The zero-order valence-electron chi connectivity index (χ0n) is 11.6. The standard InChI is InChI=1S/C14H30N2/c1-5-16(14-8-6-7-9-14)13(4)10-11-15-12(2)3/h12-15H,5-11H2,1-4H3. The Morgan fingerprint density at radius 3 is 2.31 bits per heavy atom. The minimum atomic E-state index is 0.619. The second kappa shape index (κ2) is 7.29. The van der Waals surface area contributed by atoms with E-state index >= 15 is 0 Å². The smallest absolute Gasteiger partial charge is 0.00979 e. The first-order valence-electron chi connectivity index (χ1n) is 7.14. The molecule has 0 aliphatic heterocycles. The molecule has 0 spiro atoms. The van der Waals surface area contributed by atoms with Crippen LogP contribution in [-0.4, -0.2) is 36.1 Å². The van der Waals surface area contributed by atoms with Crippen LogP contribution in [0.2, 0.25) is 0 Å². The molecule has 1 saturated carbocycles. The summed E-state index contributed by atoms with van der Waals surface area (Å²) in [4.78, 5) is 2.72. The van der Waals surface area contributed by atoms with Crippen molar-refractivity contribution in [1.29, 1.82) is 0 Å². The summed E-state index contributed by atoms with van der Waals surface area (Å²) >= 11 is 0. The van der Waals surface area contributed by atoms with Crippen LogP contribution < -0.4 is 5.32 Å². The first-order valence-corrected chi connectivity index (χ1v) is 7.14. The van der Waals surface area contributed by atoms with Gasteiger partial charge in [0.1, 0.15) is 0 Å². The Hall–Kier alpha value is -0.0800. The Labute approximate surface area is 102 Å². The minimum absolute atomic E-state index is 0.619. The predicted octanol–water partition coefficient (Wildman–Crippen LogP) is 3.03. The molecule has 16 heavy (non-hydrogen) atoms. The second-order valence-electron chi connectivity index (χ2n) is 5.52. The molecule has 0 aromatic rings. The Bertz CT molecular complexity index is 174. The van der Waals surface area contributed by atoms with Gasteiger partial charge in [0.05, 0.1) is 0 Å². The van der Waals surface area contributed by atoms with Gasteiger partial charge in [0.2, 0.25) is 0 Å². The molecule has 1 rings (SSSR count). The van der Waals surface area contributed by atoms with Crippen LogP contribution in [0.15, 0.2) is 0 Å². The van der Waals surface area contributed by atoms with Gasteiger partial charge in [-0.2, -0.15) is 0 Å². The van der Waals surface area contributed by atoms with E-state index in [4.69, 9.17) is 0 Å². The van der Waals surface area contributed by atoms with Gasteiger partial charge in [0, 0.05) is 18.1 Å². The Morgan fingerprint density at radius 2 is 1.81 bits per heavy atom. The van der Waals surface area contributed by atoms with Crippen LogP contribution in [0.5, 0.6) is 0 Å². The topological polar surface area (TPSA) is 15.3 Å². The molecular weight excluding hydrogens is 196 g/mol. The van der Waals surface area contributed by atoms with E-state index in [-0.39, 0.29) is 0 Å². The van der Waals surface area contributed by atoms with E-state index in [0.717, 1.165) is 18.6 Å². The highest BCUT2D eigenvalue weighted by Crippen LogP contribution is 2.25. The van der Waals surface area contributed by atoms with Gasteiger partial charge >= 0.3 is 0 Å². The molecule has 1 aliphatic carbocycles. The van der Waals surface area contributed by atoms with Gasteiger partial charge in [-0.25, -0.2) is 0 Å². The maximum Gasteiger partial charge on any atom is 0.00979 e. The van der Waals surface area contributed by atoms with E-state index in [0.29, 0.717) is 6.04 Å². The van der Waals surface area contributed by atoms with E-state index in [1.807, 2.05) is 0 Å². The molecule has 1 atom stereocenters. The van der Waals surface area contributed by atoms with Crippen LogP contribution in [0.4, 0.5) is 0 Å². The lowest BCUT2D eigenvalue weighted by atomic mass is 10.1. The van der Waals surface area contributed by atoms with Crippen molar-refractivity contribution in [3.05, 3.63) is 0 Å². The number of nitrogens with one attached hydrogen (secondary N) is 1. The predicted molar refractivity (Wildman–Crippen MR) is 71.9 cm³/mol. The fourth-order valence-electron chi connectivity index (χ4n) is 2.91. The molecule has 1 aliphatic rings. The zero-order valence-corrected chi connectivity index (χ0v) is 11.6. The average Bonchev–Trinajstić information content (AvgIpc) is 2.71. The number of hydrogen-bond acceptors (Lipinski definition) is 2. The molecule has 0 radical (unpaired) electrons. The van der Waals surface area contributed by atoms with Crippen molar-refractivity contribution in [1.82, 2.24) is 10.2 Å². The lowest BCUT2D eigenvalue weighted by Gasteiger charge is -2.33. The molecular formula is C14H30N2. The van der Waals surface area contributed by atoms with E-state index in [2.05, 4.69) is 37.9 Å². The molecule has 1 fully saturated rings. The molecule has 0 saturated heterocycles. The van der Waals surface area contributed by atoms with Gasteiger partial charge in [-0.1, -0.05) is 33.6 Å². The van der Waals surface area contributed by atoms with Crippen molar-refractivity contribution in [3.8, 4) is 0 Å². The third-order valence-corrected chi connectivity index (χ3v) is 3.84. The van der Waals surface area contributed by atoms with Crippen LogP contribution in [0.3, 0.4) is 0 Å². The van der Waals surface area contributed by atoms with Crippen molar-refractivity contribution >= 4 is 0 Å². The summed E-state index contributed by atoms with van der Waals surface area (Å²) in [7, 11) is 0. The van der Waals surface area contributed by atoms with Crippen LogP contribution in [0.1, 0.15) is 59.8 Å². The number of hydrogen-bond donors (Lipinski definition) is 1. The first-order chi connectivity index (χ1) is 7.65. The summed E-state index contributed by atoms with van der Waals surface area (Å²) in [5.41, 5.74) is 0. The largest absolute Gasteiger partial charge is 0.314 e. The molecule has 0 bridgehead atoms. The van der Waals surface area contributed by atoms with Crippen molar-refractivity contribution in [2.75, 3.05) is 13.1 Å². The Kier molecular flexibility index (Phi) is 6.37. The number of nitrogens with zero attached hydrogens (tertiary/aromatic N) is 1. The SMILES string of the molecule is CCN(C(C)CCNC(C)C)C1CCCC1. The van der Waals surface area contributed by atoms with Gasteiger partial charge < -0.3 is 5.32 Å². The van der Waals surface area contributed by atoms with E-state index in [9.17, 15) is 0 Å². The molecule has 96 valence electrons. The summed E-state index contributed by atoms with van der Waals surface area (Å²) in [5.74, 6) is 0. The molecule has 0 heterocycles. The van der Waals surface area contributed by atoms with Crippen molar-refractivity contribution in [2.24, 2.45) is 0 Å². The maximum atomic E-state index is 3.52. The van der Waals surface area contributed by atoms with E-state index < -0.39 is 0 Å². The highest BCUT2D eigenvalue weighted by molar-refractivity contribution is 4.80. The van der Waals surface area contributed by atoms with E-state index in [1.165, 1.54) is 38.6 Å². The molecule has 2 heteroatoms. The first kappa shape index (κ1) is 14.0. The maximum absolute atomic E-state index is 3.52. The molecule has 1 N–H and O–H groups in total. The lowest BCUT2D eigenvalue weighted by molar-refractivity contribution is 0.146. The third kappa shape index (κ3) is 4.42.